The molecule has 5 unspecified atom stereocenters. The Morgan fingerprint density at radius 2 is 1.62 bits per heavy atom. The molecular formula is C43H66N2O5. The lowest BCUT2D eigenvalue weighted by molar-refractivity contribution is -0.182. The van der Waals surface area contributed by atoms with Crippen molar-refractivity contribution in [3.8, 4) is 0 Å². The first-order valence-corrected chi connectivity index (χ1v) is 20.2. The fourth-order valence-electron chi connectivity index (χ4n) is 14.6. The lowest BCUT2D eigenvalue weighted by Gasteiger charge is -2.69. The quantitative estimate of drug-likeness (QED) is 0.183. The van der Waals surface area contributed by atoms with Crippen LogP contribution in [-0.2, 0) is 14.3 Å². The number of hydrogen-bond donors (Lipinski definition) is 3. The van der Waals surface area contributed by atoms with E-state index in [9.17, 15) is 19.8 Å². The van der Waals surface area contributed by atoms with E-state index in [2.05, 4.69) is 56.6 Å². The fourth-order valence-corrected chi connectivity index (χ4v) is 14.6. The van der Waals surface area contributed by atoms with E-state index in [1.54, 1.807) is 6.08 Å². The Hall–Kier alpha value is -1.96. The van der Waals surface area contributed by atoms with Crippen molar-refractivity contribution in [2.75, 3.05) is 39.4 Å². The molecule has 8 rings (SSSR count). The van der Waals surface area contributed by atoms with E-state index < -0.39 is 17.4 Å². The van der Waals surface area contributed by atoms with E-state index in [-0.39, 0.29) is 23.7 Å². The number of ether oxygens (including phenoxy) is 1. The first kappa shape index (κ1) is 36.4. The van der Waals surface area contributed by atoms with Crippen LogP contribution in [0, 0.1) is 56.7 Å². The molecule has 0 radical (unpaired) electrons. The van der Waals surface area contributed by atoms with Crippen LogP contribution < -0.4 is 5.32 Å². The first-order chi connectivity index (χ1) is 23.7. The number of carboxylic acid groups (broad SMARTS) is 2. The molecular weight excluding hydrogens is 624 g/mol. The van der Waals surface area contributed by atoms with Crippen LogP contribution >= 0.6 is 0 Å². The molecule has 0 aromatic heterocycles. The van der Waals surface area contributed by atoms with Crippen molar-refractivity contribution in [2.45, 2.75) is 124 Å². The Labute approximate surface area is 301 Å². The van der Waals surface area contributed by atoms with Gasteiger partial charge in [-0.25, -0.2) is 0 Å². The Bertz CT molecular complexity index is 1400. The van der Waals surface area contributed by atoms with E-state index in [0.29, 0.717) is 22.3 Å². The van der Waals surface area contributed by atoms with Crippen LogP contribution in [0.2, 0.25) is 0 Å². The normalized spacial score (nSPS) is 42.0. The summed E-state index contributed by atoms with van der Waals surface area (Å²) in [6, 6.07) is 0. The fraction of sp³-hybridized carbons (Fsp3) is 0.814. The molecule has 8 aliphatic rings. The van der Waals surface area contributed by atoms with Gasteiger partial charge in [-0.2, -0.15) is 0 Å². The zero-order valence-electron chi connectivity index (χ0n) is 31.8. The molecule has 1 heterocycles. The molecule has 5 saturated carbocycles. The number of hydrogen-bond acceptors (Lipinski definition) is 5. The lowest BCUT2D eigenvalue weighted by atomic mass is 9.36. The van der Waals surface area contributed by atoms with Crippen molar-refractivity contribution in [3.05, 3.63) is 36.0 Å². The van der Waals surface area contributed by atoms with Gasteiger partial charge in [0.15, 0.2) is 5.41 Å². The highest BCUT2D eigenvalue weighted by Gasteiger charge is 2.68. The molecule has 1 aliphatic heterocycles. The Morgan fingerprint density at radius 3 is 2.28 bits per heavy atom. The number of allylic oxidation sites excluding steroid dienone is 5. The average Bonchev–Trinajstić information content (AvgIpc) is 3.45. The second kappa shape index (κ2) is 12.9. The maximum atomic E-state index is 11.8. The molecule has 6 fully saturated rings. The van der Waals surface area contributed by atoms with Gasteiger partial charge >= 0.3 is 11.9 Å². The molecule has 1 spiro atoms. The molecule has 0 amide bonds. The van der Waals surface area contributed by atoms with E-state index in [4.69, 9.17) is 4.74 Å². The zero-order valence-corrected chi connectivity index (χ0v) is 31.8. The molecule has 0 aromatic rings. The number of morpholine rings is 1. The summed E-state index contributed by atoms with van der Waals surface area (Å²) in [5.41, 5.74) is 2.15. The van der Waals surface area contributed by atoms with Crippen molar-refractivity contribution in [1.82, 2.24) is 10.2 Å². The highest BCUT2D eigenvalue weighted by molar-refractivity contribution is 6.00. The summed E-state index contributed by atoms with van der Waals surface area (Å²) >= 11 is 0. The van der Waals surface area contributed by atoms with Crippen molar-refractivity contribution in [2.24, 2.45) is 56.7 Å². The van der Waals surface area contributed by atoms with Crippen LogP contribution in [0.5, 0.6) is 0 Å². The van der Waals surface area contributed by atoms with Gasteiger partial charge in [-0.1, -0.05) is 52.3 Å². The third-order valence-corrected chi connectivity index (χ3v) is 16.6. The average molecular weight is 691 g/mol. The molecule has 0 bridgehead atoms. The van der Waals surface area contributed by atoms with Crippen LogP contribution in [0.15, 0.2) is 36.0 Å². The van der Waals surface area contributed by atoms with Crippen LogP contribution in [-0.4, -0.2) is 72.0 Å². The summed E-state index contributed by atoms with van der Waals surface area (Å²) in [5.74, 6) is 1.60. The maximum Gasteiger partial charge on any atom is 0.321 e. The van der Waals surface area contributed by atoms with Crippen LogP contribution in [0.1, 0.15) is 118 Å². The van der Waals surface area contributed by atoms with Crippen molar-refractivity contribution >= 4 is 11.9 Å². The molecule has 8 atom stereocenters. The lowest BCUT2D eigenvalue weighted by Crippen LogP contribution is -2.64. The topological polar surface area (TPSA) is 99.1 Å². The molecule has 50 heavy (non-hydrogen) atoms. The van der Waals surface area contributed by atoms with E-state index in [1.807, 2.05) is 6.92 Å². The Morgan fingerprint density at radius 1 is 0.940 bits per heavy atom. The van der Waals surface area contributed by atoms with Gasteiger partial charge < -0.3 is 20.3 Å². The first-order valence-electron chi connectivity index (χ1n) is 20.2. The molecule has 7 nitrogen and oxygen atoms in total. The minimum atomic E-state index is -1.60. The summed E-state index contributed by atoms with van der Waals surface area (Å²) in [4.78, 5) is 26.2. The summed E-state index contributed by atoms with van der Waals surface area (Å²) in [5, 5.41) is 23.6. The third-order valence-electron chi connectivity index (χ3n) is 16.6. The van der Waals surface area contributed by atoms with Crippen LogP contribution in [0.4, 0.5) is 0 Å². The zero-order chi connectivity index (χ0) is 35.7. The summed E-state index contributed by atoms with van der Waals surface area (Å²) in [6.07, 6.45) is 21.4. The Balaban J connectivity index is 0.00000126. The van der Waals surface area contributed by atoms with Gasteiger partial charge in [-0.3, -0.25) is 14.5 Å². The second-order valence-corrected chi connectivity index (χ2v) is 19.3. The van der Waals surface area contributed by atoms with Gasteiger partial charge in [-0.05, 0) is 146 Å². The second-order valence-electron chi connectivity index (χ2n) is 19.3. The van der Waals surface area contributed by atoms with Gasteiger partial charge in [0.25, 0.3) is 0 Å². The third kappa shape index (κ3) is 5.44. The van der Waals surface area contributed by atoms with E-state index in [0.717, 1.165) is 75.9 Å². The number of carboxylic acids is 2. The summed E-state index contributed by atoms with van der Waals surface area (Å²) < 4.78 is 5.58. The smallest absolute Gasteiger partial charge is 0.321 e. The predicted molar refractivity (Wildman–Crippen MR) is 198 cm³/mol. The van der Waals surface area contributed by atoms with Gasteiger partial charge in [0.1, 0.15) is 0 Å². The number of aliphatic carboxylic acids is 2. The minimum absolute atomic E-state index is 0.0661. The molecule has 0 aromatic carbocycles. The highest BCUT2D eigenvalue weighted by Crippen LogP contribution is 2.73. The molecule has 7 heteroatoms. The monoisotopic (exact) mass is 690 g/mol. The van der Waals surface area contributed by atoms with Gasteiger partial charge in [-0.15, -0.1) is 6.58 Å². The van der Waals surface area contributed by atoms with Gasteiger partial charge in [0, 0.05) is 31.7 Å². The standard InChI is InChI=1S/C40H60N2O5.C3H6/c1-35(2)28(26-22-38(23-26)24-39(25-38,33(43)44)34(45)46)9-13-37(4)31(35)11-14-36(3)29-10-15-40(41-16-17-42-18-20-47-21-19-42)12-5-6-30(40)27(29)7-8-32(36)37;1-3-2/h9,22,27,29-32,41H,5-8,10-21,23-25H2,1-4H3,(H,43,44)(H,45,46);3H,1H2,2H3/t27?,29?,30-,31+,32+,36?,37?,40?;/m1./s1. The minimum Gasteiger partial charge on any atom is -0.480 e. The predicted octanol–water partition coefficient (Wildman–Crippen LogP) is 8.12. The summed E-state index contributed by atoms with van der Waals surface area (Å²) in [7, 11) is 0. The van der Waals surface area contributed by atoms with Gasteiger partial charge in [0.2, 0.25) is 0 Å². The van der Waals surface area contributed by atoms with Crippen molar-refractivity contribution < 1.29 is 24.5 Å². The molecule has 278 valence electrons. The van der Waals surface area contributed by atoms with Crippen molar-refractivity contribution in [3.63, 3.8) is 0 Å². The van der Waals surface area contributed by atoms with Gasteiger partial charge in [0.05, 0.1) is 13.2 Å². The number of nitrogens with one attached hydrogen (secondary N) is 1. The number of fused-ring (bicyclic) bond motifs is 7. The maximum absolute atomic E-state index is 11.8. The highest BCUT2D eigenvalue weighted by atomic mass is 16.5. The van der Waals surface area contributed by atoms with Crippen LogP contribution in [0.3, 0.4) is 0 Å². The van der Waals surface area contributed by atoms with E-state index in [1.165, 1.54) is 68.9 Å². The van der Waals surface area contributed by atoms with Crippen molar-refractivity contribution in [1.29, 1.82) is 0 Å². The molecule has 3 N–H and O–H groups in total. The Kier molecular flexibility index (Phi) is 9.37. The molecule has 7 aliphatic carbocycles. The largest absolute Gasteiger partial charge is 0.480 e. The number of carbonyl (C=O) groups is 2. The van der Waals surface area contributed by atoms with E-state index >= 15 is 0 Å². The van der Waals surface area contributed by atoms with Crippen LogP contribution in [0.25, 0.3) is 0 Å². The SMILES string of the molecule is C=CC.CC1(C)C(C2=CC3(C2)CC(C(=O)O)(C(=O)O)C3)=CCC2(C)[C@H]1CCC1(C)C3CCC4(NCCN5CCOCC5)CCC[C@@H]4C3CC[C@@H]12. The molecule has 1 saturated heterocycles. The summed E-state index contributed by atoms with van der Waals surface area (Å²) in [6.45, 7) is 21.8. The number of nitrogens with zero attached hydrogens (tertiary/aromatic N) is 1. The number of rotatable bonds is 7.